The summed E-state index contributed by atoms with van der Waals surface area (Å²) in [6.45, 7) is 2.89. The molecule has 1 aliphatic rings. The van der Waals surface area contributed by atoms with Crippen LogP contribution in [-0.2, 0) is 27.7 Å². The maximum absolute atomic E-state index is 12.6. The summed E-state index contributed by atoms with van der Waals surface area (Å²) in [5, 5.41) is 6.43. The van der Waals surface area contributed by atoms with Crippen LogP contribution in [0.25, 0.3) is 0 Å². The van der Waals surface area contributed by atoms with Crippen LogP contribution < -0.4 is 15.4 Å². The van der Waals surface area contributed by atoms with Gasteiger partial charge in [0.15, 0.2) is 0 Å². The molecule has 0 saturated heterocycles. The molecule has 0 fully saturated rings. The summed E-state index contributed by atoms with van der Waals surface area (Å²) in [5.41, 5.74) is 3.05. The molecule has 0 aliphatic heterocycles. The number of amides is 1. The molecule has 0 aromatic heterocycles. The normalized spacial score (nSPS) is 15.9. The van der Waals surface area contributed by atoms with E-state index in [2.05, 4.69) is 15.4 Å². The zero-order valence-corrected chi connectivity index (χ0v) is 17.2. The third kappa shape index (κ3) is 5.25. The predicted molar refractivity (Wildman–Crippen MR) is 111 cm³/mol. The van der Waals surface area contributed by atoms with Crippen molar-refractivity contribution >= 4 is 33.2 Å². The summed E-state index contributed by atoms with van der Waals surface area (Å²) >= 11 is 5.83. The van der Waals surface area contributed by atoms with Crippen molar-refractivity contribution in [2.45, 2.75) is 37.1 Å². The van der Waals surface area contributed by atoms with Gasteiger partial charge < -0.3 is 10.6 Å². The summed E-state index contributed by atoms with van der Waals surface area (Å²) in [4.78, 5) is 11.9. The minimum absolute atomic E-state index is 0.0454. The van der Waals surface area contributed by atoms with Crippen LogP contribution >= 0.6 is 11.6 Å². The number of carbonyl (C=O) groups excluding carboxylic acids is 1. The summed E-state index contributed by atoms with van der Waals surface area (Å²) in [7, 11) is -3.60. The molecule has 0 spiro atoms. The number of halogens is 1. The van der Waals surface area contributed by atoms with Crippen LogP contribution in [0.15, 0.2) is 47.4 Å². The quantitative estimate of drug-likeness (QED) is 0.611. The summed E-state index contributed by atoms with van der Waals surface area (Å²) < 4.78 is 27.9. The van der Waals surface area contributed by atoms with Gasteiger partial charge in [-0.3, -0.25) is 4.79 Å². The predicted octanol–water partition coefficient (Wildman–Crippen LogP) is 2.72. The van der Waals surface area contributed by atoms with Gasteiger partial charge in [-0.2, -0.15) is 0 Å². The molecule has 3 rings (SSSR count). The number of carbonyl (C=O) groups is 1. The van der Waals surface area contributed by atoms with E-state index in [0.29, 0.717) is 24.4 Å². The van der Waals surface area contributed by atoms with Crippen molar-refractivity contribution in [1.29, 1.82) is 0 Å². The first kappa shape index (κ1) is 20.6. The molecule has 150 valence electrons. The van der Waals surface area contributed by atoms with Gasteiger partial charge in [-0.25, -0.2) is 13.1 Å². The first-order valence-corrected chi connectivity index (χ1v) is 11.1. The highest BCUT2D eigenvalue weighted by atomic mass is 35.5. The Labute approximate surface area is 170 Å². The highest BCUT2D eigenvalue weighted by Gasteiger charge is 2.26. The van der Waals surface area contributed by atoms with E-state index in [0.717, 1.165) is 23.2 Å². The third-order valence-electron chi connectivity index (χ3n) is 4.61. The molecule has 1 unspecified atom stereocenters. The van der Waals surface area contributed by atoms with Gasteiger partial charge in [-0.15, -0.1) is 0 Å². The molecule has 2 aromatic carbocycles. The van der Waals surface area contributed by atoms with E-state index in [-0.39, 0.29) is 23.4 Å². The summed E-state index contributed by atoms with van der Waals surface area (Å²) in [6.07, 6.45) is 2.15. The second-order valence-corrected chi connectivity index (χ2v) is 9.02. The van der Waals surface area contributed by atoms with E-state index in [4.69, 9.17) is 11.6 Å². The van der Waals surface area contributed by atoms with Crippen molar-refractivity contribution in [3.63, 3.8) is 0 Å². The van der Waals surface area contributed by atoms with Gasteiger partial charge in [0.2, 0.25) is 15.9 Å². The van der Waals surface area contributed by atoms with E-state index in [9.17, 15) is 13.2 Å². The Bertz CT molecular complexity index is 946. The fourth-order valence-corrected chi connectivity index (χ4v) is 4.58. The number of fused-ring (bicyclic) bond motifs is 1. The van der Waals surface area contributed by atoms with Crippen molar-refractivity contribution in [2.24, 2.45) is 0 Å². The molecule has 1 aliphatic carbocycles. The van der Waals surface area contributed by atoms with Gasteiger partial charge >= 0.3 is 0 Å². The first-order valence-electron chi connectivity index (χ1n) is 9.27. The van der Waals surface area contributed by atoms with Gasteiger partial charge in [0.1, 0.15) is 0 Å². The Balaban J connectivity index is 1.60. The SMILES string of the molecule is CCCNC(=O)CNc1ccc2c(c1)CC(NS(=O)(=O)c1ccc(Cl)cc1)C2. The third-order valence-corrected chi connectivity index (χ3v) is 6.40. The number of hydrogen-bond donors (Lipinski definition) is 3. The number of rotatable bonds is 8. The lowest BCUT2D eigenvalue weighted by Gasteiger charge is -2.12. The van der Waals surface area contributed by atoms with Crippen molar-refractivity contribution in [3.05, 3.63) is 58.6 Å². The van der Waals surface area contributed by atoms with Crippen molar-refractivity contribution in [2.75, 3.05) is 18.4 Å². The molecule has 0 radical (unpaired) electrons. The van der Waals surface area contributed by atoms with Crippen LogP contribution in [0.3, 0.4) is 0 Å². The highest BCUT2D eigenvalue weighted by Crippen LogP contribution is 2.26. The van der Waals surface area contributed by atoms with Crippen LogP contribution in [0.5, 0.6) is 0 Å². The van der Waals surface area contributed by atoms with Gasteiger partial charge in [0.05, 0.1) is 11.4 Å². The molecular formula is C20H24ClN3O3S. The maximum atomic E-state index is 12.6. The fraction of sp³-hybridized carbons (Fsp3) is 0.350. The minimum Gasteiger partial charge on any atom is -0.376 e. The highest BCUT2D eigenvalue weighted by molar-refractivity contribution is 7.89. The molecule has 8 heteroatoms. The number of nitrogens with one attached hydrogen (secondary N) is 3. The van der Waals surface area contributed by atoms with Crippen molar-refractivity contribution in [3.8, 4) is 0 Å². The summed E-state index contributed by atoms with van der Waals surface area (Å²) in [6, 6.07) is 11.8. The molecule has 28 heavy (non-hydrogen) atoms. The molecule has 0 bridgehead atoms. The Hall–Kier alpha value is -2.09. The molecule has 1 atom stereocenters. The number of sulfonamides is 1. The Morgan fingerprint density at radius 2 is 1.82 bits per heavy atom. The largest absolute Gasteiger partial charge is 0.376 e. The average Bonchev–Trinajstić information content (AvgIpc) is 3.05. The first-order chi connectivity index (χ1) is 13.4. The van der Waals surface area contributed by atoms with E-state index < -0.39 is 10.0 Å². The molecule has 2 aromatic rings. The number of anilines is 1. The molecular weight excluding hydrogens is 398 g/mol. The monoisotopic (exact) mass is 421 g/mol. The van der Waals surface area contributed by atoms with Gasteiger partial charge in [-0.1, -0.05) is 24.6 Å². The molecule has 6 nitrogen and oxygen atoms in total. The lowest BCUT2D eigenvalue weighted by atomic mass is 10.1. The molecule has 0 heterocycles. The van der Waals surface area contributed by atoms with E-state index >= 15 is 0 Å². The standard InChI is InChI=1S/C20H24ClN3O3S/c1-2-9-22-20(25)13-23-17-6-3-14-10-18(12-15(14)11-17)24-28(26,27)19-7-4-16(21)5-8-19/h3-8,11,18,23-24H,2,9-10,12-13H2,1H3,(H,22,25). The van der Waals surface area contributed by atoms with E-state index in [1.807, 2.05) is 25.1 Å². The van der Waals surface area contributed by atoms with Crippen LogP contribution in [-0.4, -0.2) is 33.5 Å². The Morgan fingerprint density at radius 1 is 1.11 bits per heavy atom. The Kier molecular flexibility index (Phi) is 6.59. The summed E-state index contributed by atoms with van der Waals surface area (Å²) in [5.74, 6) is -0.0454. The lowest BCUT2D eigenvalue weighted by molar-refractivity contribution is -0.119. The van der Waals surface area contributed by atoms with Crippen LogP contribution in [0, 0.1) is 0 Å². The topological polar surface area (TPSA) is 87.3 Å². The lowest BCUT2D eigenvalue weighted by Crippen LogP contribution is -2.35. The molecule has 0 saturated carbocycles. The van der Waals surface area contributed by atoms with Gasteiger partial charge in [0.25, 0.3) is 0 Å². The van der Waals surface area contributed by atoms with Crippen LogP contribution in [0.1, 0.15) is 24.5 Å². The molecule has 3 N–H and O–H groups in total. The zero-order chi connectivity index (χ0) is 20.1. The second-order valence-electron chi connectivity index (χ2n) is 6.87. The van der Waals surface area contributed by atoms with E-state index in [1.54, 1.807) is 12.1 Å². The minimum atomic E-state index is -3.60. The van der Waals surface area contributed by atoms with E-state index in [1.165, 1.54) is 12.1 Å². The van der Waals surface area contributed by atoms with Crippen molar-refractivity contribution < 1.29 is 13.2 Å². The molecule has 1 amide bonds. The van der Waals surface area contributed by atoms with Crippen LogP contribution in [0.2, 0.25) is 5.02 Å². The Morgan fingerprint density at radius 3 is 2.54 bits per heavy atom. The van der Waals surface area contributed by atoms with Crippen molar-refractivity contribution in [1.82, 2.24) is 10.0 Å². The number of benzene rings is 2. The smallest absolute Gasteiger partial charge is 0.240 e. The van der Waals surface area contributed by atoms with Gasteiger partial charge in [-0.05, 0) is 66.8 Å². The fourth-order valence-electron chi connectivity index (χ4n) is 3.22. The number of hydrogen-bond acceptors (Lipinski definition) is 4. The van der Waals surface area contributed by atoms with Crippen LogP contribution in [0.4, 0.5) is 5.69 Å². The average molecular weight is 422 g/mol. The maximum Gasteiger partial charge on any atom is 0.240 e. The van der Waals surface area contributed by atoms with Gasteiger partial charge in [0, 0.05) is 23.3 Å². The second kappa shape index (κ2) is 8.94. The zero-order valence-electron chi connectivity index (χ0n) is 15.7.